The zero-order chi connectivity index (χ0) is 12.7. The molecule has 1 unspecified atom stereocenters. The molecular weight excluding hydrogens is 310 g/mol. The van der Waals surface area contributed by atoms with E-state index in [0.29, 0.717) is 0 Å². The molecule has 1 aromatic carbocycles. The van der Waals surface area contributed by atoms with Crippen molar-refractivity contribution in [2.24, 2.45) is 5.73 Å². The van der Waals surface area contributed by atoms with Gasteiger partial charge in [0.25, 0.3) is 0 Å². The second-order valence-corrected chi connectivity index (χ2v) is 6.13. The van der Waals surface area contributed by atoms with Crippen molar-refractivity contribution in [3.05, 3.63) is 50.4 Å². The van der Waals surface area contributed by atoms with E-state index in [1.54, 1.807) is 11.3 Å². The molecule has 2 aromatic heterocycles. The summed E-state index contributed by atoms with van der Waals surface area (Å²) in [4.78, 5) is 9.04. The number of nitrogens with zero attached hydrogens (tertiary/aromatic N) is 1. The van der Waals surface area contributed by atoms with Crippen LogP contribution in [-0.2, 0) is 0 Å². The molecule has 0 aliphatic rings. The molecule has 3 nitrogen and oxygen atoms in total. The number of hydrogen-bond acceptors (Lipinski definition) is 3. The second-order valence-electron chi connectivity index (χ2n) is 4.23. The monoisotopic (exact) mass is 321 g/mol. The average molecular weight is 322 g/mol. The summed E-state index contributed by atoms with van der Waals surface area (Å²) in [6, 6.07) is 7.94. The molecule has 0 aliphatic carbocycles. The maximum Gasteiger partial charge on any atom is 0.129 e. The largest absolute Gasteiger partial charge is 0.340 e. The Balaban J connectivity index is 2.11. The first-order valence-electron chi connectivity index (χ1n) is 5.60. The summed E-state index contributed by atoms with van der Waals surface area (Å²) >= 11 is 5.14. The first-order valence-corrected chi connectivity index (χ1v) is 7.27. The smallest absolute Gasteiger partial charge is 0.129 e. The van der Waals surface area contributed by atoms with E-state index in [2.05, 4.69) is 32.0 Å². The minimum atomic E-state index is -0.185. The Morgan fingerprint density at radius 2 is 2.28 bits per heavy atom. The fourth-order valence-electron chi connectivity index (χ4n) is 2.02. The topological polar surface area (TPSA) is 54.7 Å². The average Bonchev–Trinajstić information content (AvgIpc) is 2.96. The number of rotatable bonds is 2. The van der Waals surface area contributed by atoms with Gasteiger partial charge in [-0.3, -0.25) is 0 Å². The molecule has 3 rings (SSSR count). The lowest BCUT2D eigenvalue weighted by Crippen LogP contribution is -2.11. The van der Waals surface area contributed by atoms with Crippen molar-refractivity contribution in [1.82, 2.24) is 9.97 Å². The number of benzene rings is 1. The van der Waals surface area contributed by atoms with Crippen LogP contribution in [0.5, 0.6) is 0 Å². The van der Waals surface area contributed by atoms with Crippen molar-refractivity contribution in [1.29, 1.82) is 0 Å². The Kier molecular flexibility index (Phi) is 2.97. The highest BCUT2D eigenvalue weighted by Crippen LogP contribution is 2.27. The number of hydrogen-bond donors (Lipinski definition) is 2. The summed E-state index contributed by atoms with van der Waals surface area (Å²) in [6.07, 6.45) is 0. The zero-order valence-corrected chi connectivity index (χ0v) is 12.2. The van der Waals surface area contributed by atoms with E-state index >= 15 is 0 Å². The SMILES string of the molecule is Cc1cc(Br)cc2[nH]c(C(N)c3cccs3)nc12. The van der Waals surface area contributed by atoms with Crippen LogP contribution >= 0.6 is 27.3 Å². The lowest BCUT2D eigenvalue weighted by atomic mass is 10.2. The first kappa shape index (κ1) is 11.9. The van der Waals surface area contributed by atoms with E-state index in [4.69, 9.17) is 5.73 Å². The van der Waals surface area contributed by atoms with Crippen LogP contribution in [0.2, 0.25) is 0 Å². The minimum absolute atomic E-state index is 0.185. The Bertz CT molecular complexity index is 688. The van der Waals surface area contributed by atoms with Gasteiger partial charge >= 0.3 is 0 Å². The number of nitrogens with one attached hydrogen (secondary N) is 1. The number of halogens is 1. The molecular formula is C13H12BrN3S. The fraction of sp³-hybridized carbons (Fsp3) is 0.154. The number of fused-ring (bicyclic) bond motifs is 1. The van der Waals surface area contributed by atoms with Crippen LogP contribution in [0.15, 0.2) is 34.1 Å². The summed E-state index contributed by atoms with van der Waals surface area (Å²) in [5.41, 5.74) is 9.36. The van der Waals surface area contributed by atoms with Crippen molar-refractivity contribution in [2.75, 3.05) is 0 Å². The van der Waals surface area contributed by atoms with E-state index < -0.39 is 0 Å². The van der Waals surface area contributed by atoms with Crippen LogP contribution < -0.4 is 5.73 Å². The summed E-state index contributed by atoms with van der Waals surface area (Å²) in [7, 11) is 0. The van der Waals surface area contributed by atoms with Crippen LogP contribution in [0.1, 0.15) is 22.3 Å². The first-order chi connectivity index (χ1) is 8.65. The molecule has 0 saturated carbocycles. The quantitative estimate of drug-likeness (QED) is 0.755. The van der Waals surface area contributed by atoms with Gasteiger partial charge in [-0.05, 0) is 36.1 Å². The molecule has 0 bridgehead atoms. The molecule has 0 aliphatic heterocycles. The molecule has 0 amide bonds. The third-order valence-corrected chi connectivity index (χ3v) is 4.32. The predicted octanol–water partition coefficient (Wildman–Crippen LogP) is 3.74. The molecule has 92 valence electrons. The Labute approximate surface area is 117 Å². The molecule has 3 aromatic rings. The number of nitrogens with two attached hydrogens (primary N) is 1. The van der Waals surface area contributed by atoms with Gasteiger partial charge in [-0.15, -0.1) is 11.3 Å². The number of aromatic amines is 1. The normalized spacial score (nSPS) is 13.1. The molecule has 2 heterocycles. The van der Waals surface area contributed by atoms with Crippen LogP contribution in [0.4, 0.5) is 0 Å². The van der Waals surface area contributed by atoms with Crippen molar-refractivity contribution >= 4 is 38.3 Å². The molecule has 5 heteroatoms. The summed E-state index contributed by atoms with van der Waals surface area (Å²) in [6.45, 7) is 2.05. The lowest BCUT2D eigenvalue weighted by molar-refractivity contribution is 0.822. The van der Waals surface area contributed by atoms with Crippen molar-refractivity contribution in [2.45, 2.75) is 13.0 Å². The van der Waals surface area contributed by atoms with Crippen molar-refractivity contribution in [3.63, 3.8) is 0 Å². The van der Waals surface area contributed by atoms with Crippen LogP contribution in [0.3, 0.4) is 0 Å². The predicted molar refractivity (Wildman–Crippen MR) is 78.9 cm³/mol. The number of imidazole rings is 1. The third-order valence-electron chi connectivity index (χ3n) is 2.90. The summed E-state index contributed by atoms with van der Waals surface area (Å²) in [5, 5.41) is 2.03. The highest BCUT2D eigenvalue weighted by atomic mass is 79.9. The van der Waals surface area contributed by atoms with E-state index in [0.717, 1.165) is 31.8 Å². The minimum Gasteiger partial charge on any atom is -0.340 e. The molecule has 1 atom stereocenters. The van der Waals surface area contributed by atoms with Crippen LogP contribution in [0, 0.1) is 6.92 Å². The van der Waals surface area contributed by atoms with Gasteiger partial charge < -0.3 is 10.7 Å². The van der Waals surface area contributed by atoms with Crippen molar-refractivity contribution < 1.29 is 0 Å². The molecule has 0 saturated heterocycles. The van der Waals surface area contributed by atoms with Gasteiger partial charge in [0, 0.05) is 9.35 Å². The second kappa shape index (κ2) is 4.50. The van der Waals surface area contributed by atoms with Gasteiger partial charge in [0.05, 0.1) is 17.1 Å². The number of aryl methyl sites for hydroxylation is 1. The van der Waals surface area contributed by atoms with Gasteiger partial charge in [0.15, 0.2) is 0 Å². The van der Waals surface area contributed by atoms with E-state index in [9.17, 15) is 0 Å². The van der Waals surface area contributed by atoms with Gasteiger partial charge in [0.2, 0.25) is 0 Å². The maximum atomic E-state index is 6.22. The lowest BCUT2D eigenvalue weighted by Gasteiger charge is -2.04. The fourth-order valence-corrected chi connectivity index (χ4v) is 3.32. The standard InChI is InChI=1S/C13H12BrN3S/c1-7-5-8(14)6-9-12(7)17-13(16-9)11(15)10-3-2-4-18-10/h2-6,11H,15H2,1H3,(H,16,17). The van der Waals surface area contributed by atoms with E-state index in [1.165, 1.54) is 0 Å². The number of aromatic nitrogens is 2. The highest BCUT2D eigenvalue weighted by Gasteiger charge is 2.15. The van der Waals surface area contributed by atoms with Gasteiger partial charge in [-0.2, -0.15) is 0 Å². The zero-order valence-electron chi connectivity index (χ0n) is 9.77. The summed E-state index contributed by atoms with van der Waals surface area (Å²) < 4.78 is 1.05. The summed E-state index contributed by atoms with van der Waals surface area (Å²) in [5.74, 6) is 0.814. The molecule has 0 spiro atoms. The van der Waals surface area contributed by atoms with E-state index in [1.807, 2.05) is 30.5 Å². The third kappa shape index (κ3) is 1.98. The molecule has 3 N–H and O–H groups in total. The Morgan fingerprint density at radius 1 is 1.44 bits per heavy atom. The Hall–Kier alpha value is -1.17. The van der Waals surface area contributed by atoms with Crippen LogP contribution in [-0.4, -0.2) is 9.97 Å². The highest BCUT2D eigenvalue weighted by molar-refractivity contribution is 9.10. The van der Waals surface area contributed by atoms with Crippen molar-refractivity contribution in [3.8, 4) is 0 Å². The Morgan fingerprint density at radius 3 is 3.00 bits per heavy atom. The maximum absolute atomic E-state index is 6.22. The van der Waals surface area contributed by atoms with Gasteiger partial charge in [-0.25, -0.2) is 4.98 Å². The molecule has 0 fully saturated rings. The van der Waals surface area contributed by atoms with E-state index in [-0.39, 0.29) is 6.04 Å². The van der Waals surface area contributed by atoms with Crippen LogP contribution in [0.25, 0.3) is 11.0 Å². The molecule has 0 radical (unpaired) electrons. The van der Waals surface area contributed by atoms with Gasteiger partial charge in [0.1, 0.15) is 5.82 Å². The number of thiophene rings is 1. The molecule has 18 heavy (non-hydrogen) atoms. The van der Waals surface area contributed by atoms with Gasteiger partial charge in [-0.1, -0.05) is 22.0 Å². The number of H-pyrrole nitrogens is 1.